The van der Waals surface area contributed by atoms with Crippen molar-refractivity contribution < 1.29 is 13.2 Å². The highest BCUT2D eigenvalue weighted by atomic mass is 35.5. The number of benzene rings is 2. The average Bonchev–Trinajstić information content (AvgIpc) is 2.55. The number of hydrogen-bond donors (Lipinski definition) is 2. The Morgan fingerprint density at radius 1 is 1.09 bits per heavy atom. The minimum Gasteiger partial charge on any atom is -0.273 e. The van der Waals surface area contributed by atoms with Gasteiger partial charge in [-0.15, -0.1) is 4.83 Å². The number of nitrogens with one attached hydrogen (secondary N) is 2. The van der Waals surface area contributed by atoms with Crippen molar-refractivity contribution in [2.24, 2.45) is 0 Å². The van der Waals surface area contributed by atoms with E-state index in [1.54, 1.807) is 12.1 Å². The molecule has 0 saturated carbocycles. The molecule has 0 aliphatic heterocycles. The molecule has 8 heteroatoms. The van der Waals surface area contributed by atoms with E-state index in [9.17, 15) is 13.2 Å². The maximum Gasteiger partial charge on any atom is 0.267 e. The molecule has 2 aromatic carbocycles. The highest BCUT2D eigenvalue weighted by Crippen LogP contribution is 2.20. The zero-order chi connectivity index (χ0) is 17.0. The maximum absolute atomic E-state index is 12.1. The standard InChI is InChI=1S/C15H14Cl2N2O3S/c1-2-10-3-6-12(7-4-10)23(21,22)19-18-15(20)13-9-11(16)5-8-14(13)17/h3-9,19H,2H2,1H3,(H,18,20). The van der Waals surface area contributed by atoms with Crippen LogP contribution >= 0.6 is 23.2 Å². The predicted octanol–water partition coefficient (Wildman–Crippen LogP) is 3.18. The van der Waals surface area contributed by atoms with Gasteiger partial charge in [0.25, 0.3) is 15.9 Å². The summed E-state index contributed by atoms with van der Waals surface area (Å²) in [6.07, 6.45) is 0.803. The normalized spacial score (nSPS) is 11.3. The van der Waals surface area contributed by atoms with Gasteiger partial charge in [0.1, 0.15) is 0 Å². The van der Waals surface area contributed by atoms with Gasteiger partial charge in [0.05, 0.1) is 15.5 Å². The molecule has 0 aromatic heterocycles. The minimum absolute atomic E-state index is 0.0483. The van der Waals surface area contributed by atoms with E-state index in [1.165, 1.54) is 30.3 Å². The van der Waals surface area contributed by atoms with Crippen LogP contribution in [0.2, 0.25) is 10.0 Å². The van der Waals surface area contributed by atoms with E-state index < -0.39 is 15.9 Å². The quantitative estimate of drug-likeness (QED) is 0.791. The topological polar surface area (TPSA) is 75.3 Å². The van der Waals surface area contributed by atoms with Crippen LogP contribution in [-0.2, 0) is 16.4 Å². The fourth-order valence-electron chi connectivity index (χ4n) is 1.82. The highest BCUT2D eigenvalue weighted by molar-refractivity contribution is 7.89. The van der Waals surface area contributed by atoms with Crippen LogP contribution in [0.15, 0.2) is 47.4 Å². The third-order valence-electron chi connectivity index (χ3n) is 3.11. The van der Waals surface area contributed by atoms with Crippen molar-refractivity contribution in [1.82, 2.24) is 10.3 Å². The zero-order valence-electron chi connectivity index (χ0n) is 12.1. The molecule has 122 valence electrons. The minimum atomic E-state index is -3.87. The van der Waals surface area contributed by atoms with Crippen molar-refractivity contribution in [1.29, 1.82) is 0 Å². The first-order valence-electron chi connectivity index (χ1n) is 6.69. The van der Waals surface area contributed by atoms with Crippen LogP contribution in [0.5, 0.6) is 0 Å². The average molecular weight is 373 g/mol. The molecule has 0 saturated heterocycles. The number of carbonyl (C=O) groups is 1. The van der Waals surface area contributed by atoms with Crippen LogP contribution < -0.4 is 10.3 Å². The van der Waals surface area contributed by atoms with Gasteiger partial charge in [-0.25, -0.2) is 8.42 Å². The number of halogens is 2. The summed E-state index contributed by atoms with van der Waals surface area (Å²) in [7, 11) is -3.87. The molecule has 0 fully saturated rings. The summed E-state index contributed by atoms with van der Waals surface area (Å²) >= 11 is 11.7. The lowest BCUT2D eigenvalue weighted by atomic mass is 10.2. The van der Waals surface area contributed by atoms with Gasteiger partial charge in [-0.3, -0.25) is 10.2 Å². The monoisotopic (exact) mass is 372 g/mol. The number of hydrazine groups is 1. The molecule has 2 N–H and O–H groups in total. The van der Waals surface area contributed by atoms with Crippen molar-refractivity contribution in [3.63, 3.8) is 0 Å². The van der Waals surface area contributed by atoms with Crippen LogP contribution in [0.1, 0.15) is 22.8 Å². The second kappa shape index (κ2) is 7.31. The lowest BCUT2D eigenvalue weighted by molar-refractivity contribution is 0.0945. The highest BCUT2D eigenvalue weighted by Gasteiger charge is 2.17. The fraction of sp³-hybridized carbons (Fsp3) is 0.133. The van der Waals surface area contributed by atoms with E-state index in [-0.39, 0.29) is 15.5 Å². The molecule has 0 atom stereocenters. The lowest BCUT2D eigenvalue weighted by Crippen LogP contribution is -2.41. The van der Waals surface area contributed by atoms with E-state index in [0.29, 0.717) is 5.02 Å². The lowest BCUT2D eigenvalue weighted by Gasteiger charge is -2.10. The van der Waals surface area contributed by atoms with Crippen molar-refractivity contribution in [3.05, 3.63) is 63.6 Å². The van der Waals surface area contributed by atoms with E-state index >= 15 is 0 Å². The molecule has 5 nitrogen and oxygen atoms in total. The molecule has 2 rings (SSSR count). The SMILES string of the molecule is CCc1ccc(S(=O)(=O)NNC(=O)c2cc(Cl)ccc2Cl)cc1. The van der Waals surface area contributed by atoms with Crippen molar-refractivity contribution in [2.45, 2.75) is 18.2 Å². The number of hydrogen-bond acceptors (Lipinski definition) is 3. The summed E-state index contributed by atoms with van der Waals surface area (Å²) in [5, 5.41) is 0.482. The molecule has 0 spiro atoms. The molecule has 0 heterocycles. The van der Waals surface area contributed by atoms with E-state index in [1.807, 2.05) is 11.8 Å². The zero-order valence-corrected chi connectivity index (χ0v) is 14.5. The van der Waals surface area contributed by atoms with Crippen molar-refractivity contribution in [3.8, 4) is 0 Å². The fourth-order valence-corrected chi connectivity index (χ4v) is 3.03. The molecule has 0 aliphatic carbocycles. The summed E-state index contributed by atoms with van der Waals surface area (Å²) in [5.74, 6) is -0.703. The molecule has 0 radical (unpaired) electrons. The summed E-state index contributed by atoms with van der Waals surface area (Å²) in [6.45, 7) is 1.97. The second-order valence-electron chi connectivity index (χ2n) is 4.68. The molecule has 2 aromatic rings. The molecular formula is C15H14Cl2N2O3S. The van der Waals surface area contributed by atoms with Gasteiger partial charge < -0.3 is 0 Å². The third kappa shape index (κ3) is 4.45. The van der Waals surface area contributed by atoms with Crippen molar-refractivity contribution in [2.75, 3.05) is 0 Å². The van der Waals surface area contributed by atoms with Crippen LogP contribution in [-0.4, -0.2) is 14.3 Å². The van der Waals surface area contributed by atoms with E-state index in [2.05, 4.69) is 5.43 Å². The first-order valence-corrected chi connectivity index (χ1v) is 8.93. The molecule has 0 aliphatic rings. The molecule has 23 heavy (non-hydrogen) atoms. The van der Waals surface area contributed by atoms with Gasteiger partial charge in [0.2, 0.25) is 0 Å². The molecule has 0 bridgehead atoms. The molecule has 1 amide bonds. The summed E-state index contributed by atoms with van der Waals surface area (Å²) in [5.41, 5.74) is 3.20. The Labute approximate surface area is 144 Å². The van der Waals surface area contributed by atoms with E-state index in [4.69, 9.17) is 23.2 Å². The van der Waals surface area contributed by atoms with Gasteiger partial charge in [-0.2, -0.15) is 0 Å². The Bertz CT molecular complexity index is 821. The maximum atomic E-state index is 12.1. The van der Waals surface area contributed by atoms with Crippen LogP contribution in [0.25, 0.3) is 0 Å². The van der Waals surface area contributed by atoms with Crippen LogP contribution in [0.4, 0.5) is 0 Å². The Kier molecular flexibility index (Phi) is 5.64. The van der Waals surface area contributed by atoms with Gasteiger partial charge in [0.15, 0.2) is 0 Å². The Morgan fingerprint density at radius 2 is 1.74 bits per heavy atom. The van der Waals surface area contributed by atoms with E-state index in [0.717, 1.165) is 12.0 Å². The van der Waals surface area contributed by atoms with Gasteiger partial charge >= 0.3 is 0 Å². The van der Waals surface area contributed by atoms with Gasteiger partial charge in [0, 0.05) is 5.02 Å². The number of carbonyl (C=O) groups excluding carboxylic acids is 1. The Balaban J connectivity index is 2.12. The largest absolute Gasteiger partial charge is 0.273 e. The Morgan fingerprint density at radius 3 is 2.35 bits per heavy atom. The molecule has 0 unspecified atom stereocenters. The molecular weight excluding hydrogens is 359 g/mol. The summed E-state index contributed by atoms with van der Waals surface area (Å²) < 4.78 is 24.3. The van der Waals surface area contributed by atoms with Crippen LogP contribution in [0.3, 0.4) is 0 Å². The number of sulfonamides is 1. The van der Waals surface area contributed by atoms with Gasteiger partial charge in [-0.05, 0) is 42.3 Å². The summed E-state index contributed by atoms with van der Waals surface area (Å²) in [6, 6.07) is 10.7. The number of amides is 1. The first kappa shape index (κ1) is 17.7. The van der Waals surface area contributed by atoms with Crippen LogP contribution in [0, 0.1) is 0 Å². The Hall–Kier alpha value is -1.60. The third-order valence-corrected chi connectivity index (χ3v) is 4.94. The smallest absolute Gasteiger partial charge is 0.267 e. The number of rotatable bonds is 5. The van der Waals surface area contributed by atoms with Gasteiger partial charge in [-0.1, -0.05) is 42.3 Å². The van der Waals surface area contributed by atoms with Crippen molar-refractivity contribution >= 4 is 39.1 Å². The first-order chi connectivity index (χ1) is 10.8. The summed E-state index contributed by atoms with van der Waals surface area (Å²) in [4.78, 5) is 14.1. The predicted molar refractivity (Wildman–Crippen MR) is 90.1 cm³/mol. The number of aryl methyl sites for hydroxylation is 1. The second-order valence-corrected chi connectivity index (χ2v) is 7.21.